The summed E-state index contributed by atoms with van der Waals surface area (Å²) in [5, 5.41) is 9.64. The van der Waals surface area contributed by atoms with Crippen molar-refractivity contribution in [3.05, 3.63) is 41.5 Å². The zero-order chi connectivity index (χ0) is 10.1. The topological polar surface area (TPSA) is 46.2 Å². The van der Waals surface area contributed by atoms with Crippen molar-refractivity contribution in [2.24, 2.45) is 5.73 Å². The summed E-state index contributed by atoms with van der Waals surface area (Å²) in [7, 11) is 0. The first-order chi connectivity index (χ1) is 6.74. The van der Waals surface area contributed by atoms with Gasteiger partial charge < -0.3 is 10.8 Å². The van der Waals surface area contributed by atoms with Gasteiger partial charge in [-0.05, 0) is 42.0 Å². The van der Waals surface area contributed by atoms with Gasteiger partial charge in [-0.25, -0.2) is 0 Å². The number of nitrogens with two attached hydrogens (primary N) is 1. The molecule has 2 nitrogen and oxygen atoms in total. The minimum absolute atomic E-state index is 0.109. The molecule has 0 amide bonds. The van der Waals surface area contributed by atoms with Gasteiger partial charge in [0.05, 0.1) is 0 Å². The van der Waals surface area contributed by atoms with Gasteiger partial charge in [0.2, 0.25) is 0 Å². The van der Waals surface area contributed by atoms with Crippen LogP contribution in [0.3, 0.4) is 0 Å². The SMILES string of the molecule is C=C[C@H](N)c1ccc(O)c2c1CCC2. The predicted molar refractivity (Wildman–Crippen MR) is 57.3 cm³/mol. The lowest BCUT2D eigenvalue weighted by atomic mass is 9.97. The van der Waals surface area contributed by atoms with E-state index in [0.717, 1.165) is 30.4 Å². The van der Waals surface area contributed by atoms with Crippen molar-refractivity contribution in [2.45, 2.75) is 25.3 Å². The van der Waals surface area contributed by atoms with Crippen LogP contribution >= 0.6 is 0 Å². The van der Waals surface area contributed by atoms with Crippen LogP contribution in [0.1, 0.15) is 29.2 Å². The van der Waals surface area contributed by atoms with Crippen LogP contribution in [-0.2, 0) is 12.8 Å². The fourth-order valence-corrected chi connectivity index (χ4v) is 2.15. The number of hydrogen-bond acceptors (Lipinski definition) is 2. The van der Waals surface area contributed by atoms with Crippen LogP contribution in [0, 0.1) is 0 Å². The van der Waals surface area contributed by atoms with E-state index in [0.29, 0.717) is 5.75 Å². The highest BCUT2D eigenvalue weighted by Gasteiger charge is 2.19. The Morgan fingerprint density at radius 1 is 1.36 bits per heavy atom. The molecule has 0 bridgehead atoms. The third kappa shape index (κ3) is 1.32. The lowest BCUT2D eigenvalue weighted by molar-refractivity contribution is 0.469. The average Bonchev–Trinajstić information content (AvgIpc) is 2.67. The lowest BCUT2D eigenvalue weighted by Gasteiger charge is -2.13. The second kappa shape index (κ2) is 3.46. The molecule has 0 unspecified atom stereocenters. The quantitative estimate of drug-likeness (QED) is 0.699. The van der Waals surface area contributed by atoms with Gasteiger partial charge in [0.25, 0.3) is 0 Å². The van der Waals surface area contributed by atoms with E-state index in [4.69, 9.17) is 5.73 Å². The Balaban J connectivity index is 2.53. The maximum Gasteiger partial charge on any atom is 0.119 e. The molecular weight excluding hydrogens is 174 g/mol. The first-order valence-electron chi connectivity index (χ1n) is 4.95. The van der Waals surface area contributed by atoms with E-state index in [1.165, 1.54) is 5.56 Å². The highest BCUT2D eigenvalue weighted by molar-refractivity contribution is 5.48. The number of phenolic OH excluding ortho intramolecular Hbond substituents is 1. The largest absolute Gasteiger partial charge is 0.508 e. The monoisotopic (exact) mass is 189 g/mol. The molecule has 74 valence electrons. The summed E-state index contributed by atoms with van der Waals surface area (Å²) in [5.74, 6) is 0.414. The zero-order valence-electron chi connectivity index (χ0n) is 8.16. The van der Waals surface area contributed by atoms with Crippen LogP contribution in [0.5, 0.6) is 5.75 Å². The molecule has 1 aromatic carbocycles. The summed E-state index contributed by atoms with van der Waals surface area (Å²) < 4.78 is 0. The molecule has 1 atom stereocenters. The van der Waals surface area contributed by atoms with Crippen LogP contribution in [-0.4, -0.2) is 5.11 Å². The van der Waals surface area contributed by atoms with Gasteiger partial charge in [0, 0.05) is 6.04 Å². The Morgan fingerprint density at radius 2 is 2.07 bits per heavy atom. The van der Waals surface area contributed by atoms with E-state index in [9.17, 15) is 5.11 Å². The molecule has 0 radical (unpaired) electrons. The van der Waals surface area contributed by atoms with Crippen molar-refractivity contribution in [2.75, 3.05) is 0 Å². The molecule has 0 fully saturated rings. The van der Waals surface area contributed by atoms with Crippen molar-refractivity contribution in [1.82, 2.24) is 0 Å². The highest BCUT2D eigenvalue weighted by Crippen LogP contribution is 2.34. The van der Waals surface area contributed by atoms with E-state index >= 15 is 0 Å². The van der Waals surface area contributed by atoms with Crippen molar-refractivity contribution >= 4 is 0 Å². The Morgan fingerprint density at radius 3 is 2.79 bits per heavy atom. The van der Waals surface area contributed by atoms with Gasteiger partial charge in [-0.3, -0.25) is 0 Å². The first-order valence-corrected chi connectivity index (χ1v) is 4.95. The zero-order valence-corrected chi connectivity index (χ0v) is 8.16. The fraction of sp³-hybridized carbons (Fsp3) is 0.333. The summed E-state index contributed by atoms with van der Waals surface area (Å²) in [4.78, 5) is 0. The van der Waals surface area contributed by atoms with Crippen LogP contribution in [0.15, 0.2) is 24.8 Å². The van der Waals surface area contributed by atoms with Crippen molar-refractivity contribution < 1.29 is 5.11 Å². The normalized spacial score (nSPS) is 16.4. The van der Waals surface area contributed by atoms with Gasteiger partial charge in [-0.2, -0.15) is 0 Å². The highest BCUT2D eigenvalue weighted by atomic mass is 16.3. The average molecular weight is 189 g/mol. The van der Waals surface area contributed by atoms with E-state index in [2.05, 4.69) is 6.58 Å². The molecular formula is C12H15NO. The number of benzene rings is 1. The predicted octanol–water partition coefficient (Wildman–Crippen LogP) is 2.07. The van der Waals surface area contributed by atoms with E-state index in [1.807, 2.05) is 6.07 Å². The summed E-state index contributed by atoms with van der Waals surface area (Å²) in [5.41, 5.74) is 9.35. The second-order valence-corrected chi connectivity index (χ2v) is 3.75. The van der Waals surface area contributed by atoms with E-state index in [1.54, 1.807) is 12.1 Å². The first kappa shape index (κ1) is 9.28. The molecule has 2 rings (SSSR count). The molecule has 0 heterocycles. The van der Waals surface area contributed by atoms with Crippen LogP contribution < -0.4 is 5.73 Å². The van der Waals surface area contributed by atoms with Gasteiger partial charge in [-0.1, -0.05) is 12.1 Å². The minimum atomic E-state index is -0.109. The molecule has 2 heteroatoms. The molecule has 1 aliphatic carbocycles. The van der Waals surface area contributed by atoms with E-state index < -0.39 is 0 Å². The number of phenols is 1. The van der Waals surface area contributed by atoms with Crippen LogP contribution in [0.2, 0.25) is 0 Å². The number of rotatable bonds is 2. The third-order valence-electron chi connectivity index (χ3n) is 2.91. The maximum absolute atomic E-state index is 9.64. The van der Waals surface area contributed by atoms with E-state index in [-0.39, 0.29) is 6.04 Å². The molecule has 0 saturated carbocycles. The van der Waals surface area contributed by atoms with Crippen molar-refractivity contribution in [3.8, 4) is 5.75 Å². The standard InChI is InChI=1S/C12H15NO/c1-2-11(13)9-6-7-12(14)10-5-3-4-8(9)10/h2,6-7,11,14H,1,3-5,13H2/t11-/m0/s1. The Hall–Kier alpha value is -1.28. The molecule has 0 saturated heterocycles. The van der Waals surface area contributed by atoms with Crippen LogP contribution in [0.25, 0.3) is 0 Å². The molecule has 0 aromatic heterocycles. The van der Waals surface area contributed by atoms with Gasteiger partial charge >= 0.3 is 0 Å². The summed E-state index contributed by atoms with van der Waals surface area (Å²) >= 11 is 0. The molecule has 0 spiro atoms. The Kier molecular flexibility index (Phi) is 2.30. The maximum atomic E-state index is 9.64. The minimum Gasteiger partial charge on any atom is -0.508 e. The molecule has 1 aromatic rings. The second-order valence-electron chi connectivity index (χ2n) is 3.75. The Bertz CT molecular complexity index is 371. The molecule has 0 aliphatic heterocycles. The number of aromatic hydroxyl groups is 1. The molecule has 1 aliphatic rings. The van der Waals surface area contributed by atoms with Gasteiger partial charge in [0.15, 0.2) is 0 Å². The summed E-state index contributed by atoms with van der Waals surface area (Å²) in [6.07, 6.45) is 4.86. The Labute approximate surface area is 84.1 Å². The number of hydrogen-bond donors (Lipinski definition) is 2. The summed E-state index contributed by atoms with van der Waals surface area (Å²) in [6.45, 7) is 3.70. The van der Waals surface area contributed by atoms with Gasteiger partial charge in [0.1, 0.15) is 5.75 Å². The third-order valence-corrected chi connectivity index (χ3v) is 2.91. The molecule has 14 heavy (non-hydrogen) atoms. The van der Waals surface area contributed by atoms with Crippen molar-refractivity contribution in [3.63, 3.8) is 0 Å². The lowest BCUT2D eigenvalue weighted by Crippen LogP contribution is -2.09. The smallest absolute Gasteiger partial charge is 0.119 e. The summed E-state index contributed by atoms with van der Waals surface area (Å²) in [6, 6.07) is 3.54. The van der Waals surface area contributed by atoms with Gasteiger partial charge in [-0.15, -0.1) is 6.58 Å². The molecule has 3 N–H and O–H groups in total. The number of fused-ring (bicyclic) bond motifs is 1. The van der Waals surface area contributed by atoms with Crippen LogP contribution in [0.4, 0.5) is 0 Å². The van der Waals surface area contributed by atoms with Crippen molar-refractivity contribution in [1.29, 1.82) is 0 Å². The fourth-order valence-electron chi connectivity index (χ4n) is 2.15.